The van der Waals surface area contributed by atoms with Gasteiger partial charge >= 0.3 is 0 Å². The topological polar surface area (TPSA) is 54.2 Å². The molecule has 1 aliphatic carbocycles. The number of benzene rings is 2. The Labute approximate surface area is 239 Å². The van der Waals surface area contributed by atoms with Crippen LogP contribution in [0.15, 0.2) is 46.9 Å². The predicted molar refractivity (Wildman–Crippen MR) is 160 cm³/mol. The van der Waals surface area contributed by atoms with E-state index in [2.05, 4.69) is 42.6 Å². The van der Waals surface area contributed by atoms with Crippen LogP contribution in [-0.2, 0) is 0 Å². The molecule has 3 heterocycles. The lowest BCUT2D eigenvalue weighted by Crippen LogP contribution is -2.32. The molecule has 3 fully saturated rings. The minimum absolute atomic E-state index is 0.545. The van der Waals surface area contributed by atoms with E-state index < -0.39 is 0 Å². The lowest BCUT2D eigenvalue weighted by Gasteiger charge is -2.20. The predicted octanol–water partition coefficient (Wildman–Crippen LogP) is 5.79. The molecule has 7 heteroatoms. The number of ether oxygens (including phenoxy) is 2. The van der Waals surface area contributed by atoms with Gasteiger partial charge in [-0.25, -0.2) is 4.98 Å². The molecular formula is C33H46N4O3. The van der Waals surface area contributed by atoms with E-state index in [1.165, 1.54) is 38.9 Å². The van der Waals surface area contributed by atoms with Gasteiger partial charge in [-0.3, -0.25) is 0 Å². The summed E-state index contributed by atoms with van der Waals surface area (Å²) in [4.78, 5) is 12.2. The fourth-order valence-electron chi connectivity index (χ4n) is 6.85. The third-order valence-electron chi connectivity index (χ3n) is 9.74. The van der Waals surface area contributed by atoms with Crippen molar-refractivity contribution in [1.29, 1.82) is 0 Å². The molecule has 1 saturated carbocycles. The molecule has 216 valence electrons. The summed E-state index contributed by atoms with van der Waals surface area (Å²) in [6.07, 6.45) is 6.09. The van der Waals surface area contributed by atoms with Crippen molar-refractivity contribution in [3.05, 3.63) is 42.5 Å². The second-order valence-corrected chi connectivity index (χ2v) is 13.2. The summed E-state index contributed by atoms with van der Waals surface area (Å²) in [6, 6.07) is 14.7. The summed E-state index contributed by atoms with van der Waals surface area (Å²) in [5, 5.41) is 0. The van der Waals surface area contributed by atoms with Gasteiger partial charge in [-0.05, 0) is 107 Å². The Bertz CT molecular complexity index is 1290. The molecular weight excluding hydrogens is 500 g/mol. The van der Waals surface area contributed by atoms with E-state index in [1.54, 1.807) is 0 Å². The number of rotatable bonds is 12. The van der Waals surface area contributed by atoms with Crippen molar-refractivity contribution < 1.29 is 13.9 Å². The monoisotopic (exact) mass is 546 g/mol. The van der Waals surface area contributed by atoms with Crippen molar-refractivity contribution in [2.24, 2.45) is 10.8 Å². The standard InChI is InChI=1S/C33H46N4O3/c1-32(2)23-33(32)14-18-37(24-33)16-6-20-39-28-11-12-29-30(21-28)40-31(34-29)25-7-9-27(10-8-25)38-19-5-15-36-17-13-26(22-36)35(3)4/h7-12,21,26H,5-6,13-20,22-24H2,1-4H3. The first-order valence-corrected chi connectivity index (χ1v) is 15.2. The summed E-state index contributed by atoms with van der Waals surface area (Å²) in [5.41, 5.74) is 3.68. The molecule has 0 amide bonds. The minimum Gasteiger partial charge on any atom is -0.494 e. The molecule has 7 nitrogen and oxygen atoms in total. The van der Waals surface area contributed by atoms with Crippen LogP contribution < -0.4 is 9.47 Å². The van der Waals surface area contributed by atoms with Crippen LogP contribution in [0.2, 0.25) is 0 Å². The number of nitrogens with zero attached hydrogens (tertiary/aromatic N) is 4. The second kappa shape index (κ2) is 11.3. The smallest absolute Gasteiger partial charge is 0.227 e. The largest absolute Gasteiger partial charge is 0.494 e. The Morgan fingerprint density at radius 2 is 1.65 bits per heavy atom. The molecule has 2 saturated heterocycles. The minimum atomic E-state index is 0.545. The van der Waals surface area contributed by atoms with Gasteiger partial charge in [0.05, 0.1) is 13.2 Å². The Morgan fingerprint density at radius 3 is 2.33 bits per heavy atom. The van der Waals surface area contributed by atoms with Crippen molar-refractivity contribution in [1.82, 2.24) is 19.7 Å². The van der Waals surface area contributed by atoms with Gasteiger partial charge in [-0.1, -0.05) is 13.8 Å². The number of oxazole rings is 1. The summed E-state index contributed by atoms with van der Waals surface area (Å²) >= 11 is 0. The highest BCUT2D eigenvalue weighted by Gasteiger charge is 2.62. The van der Waals surface area contributed by atoms with Crippen molar-refractivity contribution in [2.75, 3.05) is 66.6 Å². The van der Waals surface area contributed by atoms with Gasteiger partial charge in [0.2, 0.25) is 5.89 Å². The molecule has 1 spiro atoms. The normalized spacial score (nSPS) is 24.5. The molecule has 40 heavy (non-hydrogen) atoms. The van der Waals surface area contributed by atoms with Gasteiger partial charge < -0.3 is 28.6 Å². The Morgan fingerprint density at radius 1 is 0.950 bits per heavy atom. The molecule has 1 aromatic heterocycles. The van der Waals surface area contributed by atoms with Crippen molar-refractivity contribution in [3.8, 4) is 23.0 Å². The van der Waals surface area contributed by atoms with Crippen molar-refractivity contribution in [2.45, 2.75) is 52.0 Å². The van der Waals surface area contributed by atoms with Crippen LogP contribution in [0, 0.1) is 10.8 Å². The van der Waals surface area contributed by atoms with Crippen LogP contribution in [0.3, 0.4) is 0 Å². The van der Waals surface area contributed by atoms with Crippen LogP contribution >= 0.6 is 0 Å². The van der Waals surface area contributed by atoms with Crippen LogP contribution in [0.4, 0.5) is 0 Å². The molecule has 0 radical (unpaired) electrons. The maximum Gasteiger partial charge on any atom is 0.227 e. The van der Waals surface area contributed by atoms with Gasteiger partial charge in [0, 0.05) is 43.9 Å². The SMILES string of the molecule is CN(C)C1CCN(CCCOc2ccc(-c3nc4ccc(OCCCN5CCC6(C5)CC6(C)C)cc4o3)cc2)C1. The lowest BCUT2D eigenvalue weighted by molar-refractivity contribution is 0.242. The maximum atomic E-state index is 6.10. The fourth-order valence-corrected chi connectivity index (χ4v) is 6.85. The van der Waals surface area contributed by atoms with E-state index in [9.17, 15) is 0 Å². The zero-order valence-corrected chi connectivity index (χ0v) is 24.8. The molecule has 3 aromatic rings. The molecule has 2 unspecified atom stereocenters. The lowest BCUT2D eigenvalue weighted by atomic mass is 9.95. The van der Waals surface area contributed by atoms with Crippen molar-refractivity contribution in [3.63, 3.8) is 0 Å². The molecule has 0 N–H and O–H groups in total. The number of likely N-dealkylation sites (N-methyl/N-ethyl adjacent to an activating group) is 1. The van der Waals surface area contributed by atoms with E-state index in [-0.39, 0.29) is 0 Å². The molecule has 0 bridgehead atoms. The highest BCUT2D eigenvalue weighted by atomic mass is 16.5. The Hall–Kier alpha value is -2.61. The average molecular weight is 547 g/mol. The first kappa shape index (κ1) is 27.6. The number of hydrogen-bond acceptors (Lipinski definition) is 7. The number of fused-ring (bicyclic) bond motifs is 1. The third kappa shape index (κ3) is 6.02. The Balaban J connectivity index is 0.940. The summed E-state index contributed by atoms with van der Waals surface area (Å²) in [5.74, 6) is 2.34. The van der Waals surface area contributed by atoms with Crippen LogP contribution in [0.5, 0.6) is 11.5 Å². The first-order valence-electron chi connectivity index (χ1n) is 15.2. The van der Waals surface area contributed by atoms with E-state index in [4.69, 9.17) is 18.9 Å². The molecule has 2 aromatic carbocycles. The quantitative estimate of drug-likeness (QED) is 0.267. The van der Waals surface area contributed by atoms with Gasteiger partial charge in [0.15, 0.2) is 5.58 Å². The molecule has 2 atom stereocenters. The summed E-state index contributed by atoms with van der Waals surface area (Å²) in [6.45, 7) is 13.3. The number of hydrogen-bond donors (Lipinski definition) is 0. The Kier molecular flexibility index (Phi) is 7.81. The fraction of sp³-hybridized carbons (Fsp3) is 0.606. The van der Waals surface area contributed by atoms with Crippen LogP contribution in [0.1, 0.15) is 46.0 Å². The number of aromatic nitrogens is 1. The molecule has 2 aliphatic heterocycles. The zero-order chi connectivity index (χ0) is 27.7. The average Bonchev–Trinajstić information content (AvgIpc) is 3.46. The van der Waals surface area contributed by atoms with E-state index >= 15 is 0 Å². The summed E-state index contributed by atoms with van der Waals surface area (Å²) < 4.78 is 18.2. The summed E-state index contributed by atoms with van der Waals surface area (Å²) in [7, 11) is 4.35. The van der Waals surface area contributed by atoms with E-state index in [1.807, 2.05) is 42.5 Å². The highest BCUT2D eigenvalue weighted by molar-refractivity contribution is 5.77. The van der Waals surface area contributed by atoms with E-state index in [0.717, 1.165) is 73.9 Å². The van der Waals surface area contributed by atoms with Crippen LogP contribution in [-0.4, -0.2) is 92.3 Å². The number of likely N-dealkylation sites (tertiary alicyclic amines) is 2. The molecule has 3 aliphatic rings. The van der Waals surface area contributed by atoms with Gasteiger partial charge in [-0.15, -0.1) is 0 Å². The first-order chi connectivity index (χ1) is 19.3. The van der Waals surface area contributed by atoms with Gasteiger partial charge in [0.25, 0.3) is 0 Å². The van der Waals surface area contributed by atoms with Crippen LogP contribution in [0.25, 0.3) is 22.6 Å². The maximum absolute atomic E-state index is 6.10. The second-order valence-electron chi connectivity index (χ2n) is 13.2. The highest BCUT2D eigenvalue weighted by Crippen LogP contribution is 2.67. The van der Waals surface area contributed by atoms with E-state index in [0.29, 0.717) is 22.8 Å². The van der Waals surface area contributed by atoms with Gasteiger partial charge in [-0.2, -0.15) is 0 Å². The molecule has 6 rings (SSSR count). The van der Waals surface area contributed by atoms with Gasteiger partial charge in [0.1, 0.15) is 17.0 Å². The third-order valence-corrected chi connectivity index (χ3v) is 9.74. The van der Waals surface area contributed by atoms with Crippen molar-refractivity contribution >= 4 is 11.1 Å². The zero-order valence-electron chi connectivity index (χ0n) is 24.8.